The number of hydrogen-bond donors (Lipinski definition) is 3. The van der Waals surface area contributed by atoms with E-state index >= 15 is 0 Å². The number of hydrogen-bond acceptors (Lipinski definition) is 5. The highest BCUT2D eigenvalue weighted by Crippen LogP contribution is 2.66. The molecule has 4 rings (SSSR count). The second-order valence-electron chi connectivity index (χ2n) is 8.46. The zero-order valence-electron chi connectivity index (χ0n) is 17.5. The number of rotatable bonds is 8. The number of nitrogens with one attached hydrogen (secondary N) is 2. The van der Waals surface area contributed by atoms with Crippen molar-refractivity contribution in [3.8, 4) is 0 Å². The molecule has 3 aliphatic rings. The fourth-order valence-corrected chi connectivity index (χ4v) is 7.90. The normalized spacial score (nSPS) is 31.1. The maximum Gasteiger partial charge on any atom is 0.248 e. The van der Waals surface area contributed by atoms with Crippen LogP contribution in [0.25, 0.3) is 0 Å². The van der Waals surface area contributed by atoms with Crippen molar-refractivity contribution in [2.45, 2.75) is 48.1 Å². The monoisotopic (exact) mass is 465 g/mol. The Bertz CT molecular complexity index is 884. The van der Waals surface area contributed by atoms with Gasteiger partial charge < -0.3 is 20.6 Å². The Labute approximate surface area is 191 Å². The molecule has 5 atom stereocenters. The van der Waals surface area contributed by atoms with Crippen LogP contribution < -0.4 is 10.6 Å². The molecule has 1 aromatic carbocycles. The number of aliphatic hydroxyl groups is 1. The molecule has 3 fully saturated rings. The third-order valence-electron chi connectivity index (χ3n) is 6.79. The molecule has 1 aromatic rings. The minimum atomic E-state index is -0.653. The Balaban J connectivity index is 1.65. The summed E-state index contributed by atoms with van der Waals surface area (Å²) in [4.78, 5) is 41.5. The summed E-state index contributed by atoms with van der Waals surface area (Å²) in [6, 6.07) is 6.39. The molecule has 0 aromatic heterocycles. The van der Waals surface area contributed by atoms with Crippen LogP contribution >= 0.6 is 23.4 Å². The van der Waals surface area contributed by atoms with Crippen LogP contribution in [-0.2, 0) is 14.4 Å². The van der Waals surface area contributed by atoms with Gasteiger partial charge in [-0.05, 0) is 44.2 Å². The van der Waals surface area contributed by atoms with Crippen molar-refractivity contribution in [3.63, 3.8) is 0 Å². The lowest BCUT2D eigenvalue weighted by molar-refractivity contribution is -0.139. The zero-order valence-corrected chi connectivity index (χ0v) is 19.0. The van der Waals surface area contributed by atoms with Crippen molar-refractivity contribution >= 4 is 46.8 Å². The van der Waals surface area contributed by atoms with Gasteiger partial charge in [0.1, 0.15) is 6.04 Å². The van der Waals surface area contributed by atoms with E-state index in [9.17, 15) is 14.4 Å². The van der Waals surface area contributed by atoms with Crippen LogP contribution in [0.4, 0.5) is 5.69 Å². The van der Waals surface area contributed by atoms with Crippen LogP contribution in [0.3, 0.4) is 0 Å². The maximum absolute atomic E-state index is 13.6. The van der Waals surface area contributed by atoms with Gasteiger partial charge in [0, 0.05) is 25.4 Å². The van der Waals surface area contributed by atoms with E-state index in [0.29, 0.717) is 30.1 Å². The zero-order chi connectivity index (χ0) is 22.2. The first-order valence-electron chi connectivity index (χ1n) is 10.8. The van der Waals surface area contributed by atoms with Gasteiger partial charge in [-0.25, -0.2) is 0 Å². The van der Waals surface area contributed by atoms with Gasteiger partial charge in [0.25, 0.3) is 0 Å². The SMILES string of the molecule is CNC(=O)[C@@H]1[C@@H]2CCC3(S2)C(C(=O)Nc2ccccc2Cl)N(CCCCCO)C(=O)[C@H]13. The smallest absolute Gasteiger partial charge is 0.248 e. The Morgan fingerprint density at radius 3 is 2.74 bits per heavy atom. The molecule has 31 heavy (non-hydrogen) atoms. The number of nitrogens with zero attached hydrogens (tertiary/aromatic N) is 1. The fraction of sp³-hybridized carbons (Fsp3) is 0.591. The number of likely N-dealkylation sites (tertiary alicyclic amines) is 1. The summed E-state index contributed by atoms with van der Waals surface area (Å²) in [7, 11) is 1.60. The van der Waals surface area contributed by atoms with Gasteiger partial charge in [0.2, 0.25) is 17.7 Å². The van der Waals surface area contributed by atoms with E-state index < -0.39 is 22.6 Å². The second-order valence-corrected chi connectivity index (χ2v) is 10.5. The van der Waals surface area contributed by atoms with Gasteiger partial charge >= 0.3 is 0 Å². The number of aliphatic hydroxyl groups excluding tert-OH is 1. The van der Waals surface area contributed by atoms with Gasteiger partial charge in [-0.1, -0.05) is 23.7 Å². The Hall–Kier alpha value is -1.77. The van der Waals surface area contributed by atoms with Crippen molar-refractivity contribution in [2.75, 3.05) is 25.5 Å². The predicted molar refractivity (Wildman–Crippen MR) is 121 cm³/mol. The summed E-state index contributed by atoms with van der Waals surface area (Å²) in [5, 5.41) is 15.2. The van der Waals surface area contributed by atoms with Crippen LogP contribution in [-0.4, -0.2) is 64.0 Å². The molecule has 3 aliphatic heterocycles. The number of halogens is 1. The van der Waals surface area contributed by atoms with Crippen LogP contribution in [0.5, 0.6) is 0 Å². The molecule has 2 unspecified atom stereocenters. The minimum Gasteiger partial charge on any atom is -0.396 e. The third kappa shape index (κ3) is 3.72. The van der Waals surface area contributed by atoms with E-state index in [1.165, 1.54) is 0 Å². The average Bonchev–Trinajstić information content (AvgIpc) is 3.40. The summed E-state index contributed by atoms with van der Waals surface area (Å²) >= 11 is 7.90. The topological polar surface area (TPSA) is 98.7 Å². The first-order valence-corrected chi connectivity index (χ1v) is 12.1. The molecule has 9 heteroatoms. The lowest BCUT2D eigenvalue weighted by Gasteiger charge is -2.34. The highest BCUT2D eigenvalue weighted by molar-refractivity contribution is 8.02. The number of fused-ring (bicyclic) bond motifs is 1. The second kappa shape index (κ2) is 9.00. The van der Waals surface area contributed by atoms with Crippen molar-refractivity contribution < 1.29 is 19.5 Å². The highest BCUT2D eigenvalue weighted by Gasteiger charge is 2.73. The summed E-state index contributed by atoms with van der Waals surface area (Å²) in [6.07, 6.45) is 3.68. The Kier molecular flexibility index (Phi) is 6.51. The molecule has 3 saturated heterocycles. The van der Waals surface area contributed by atoms with E-state index in [-0.39, 0.29) is 29.6 Å². The van der Waals surface area contributed by atoms with Gasteiger partial charge in [0.05, 0.1) is 27.3 Å². The lowest BCUT2D eigenvalue weighted by Crippen LogP contribution is -2.51. The predicted octanol–water partition coefficient (Wildman–Crippen LogP) is 2.28. The maximum atomic E-state index is 13.6. The summed E-state index contributed by atoms with van der Waals surface area (Å²) in [5.74, 6) is -1.38. The third-order valence-corrected chi connectivity index (χ3v) is 9.07. The molecule has 0 saturated carbocycles. The number of benzene rings is 1. The van der Waals surface area contributed by atoms with Gasteiger partial charge in [-0.15, -0.1) is 11.8 Å². The Morgan fingerprint density at radius 2 is 2.03 bits per heavy atom. The summed E-state index contributed by atoms with van der Waals surface area (Å²) in [5.41, 5.74) is 0.516. The van der Waals surface area contributed by atoms with Crippen molar-refractivity contribution in [1.29, 1.82) is 0 Å². The number of para-hydroxylation sites is 1. The van der Waals surface area contributed by atoms with Crippen LogP contribution in [0, 0.1) is 11.8 Å². The Morgan fingerprint density at radius 1 is 1.26 bits per heavy atom. The van der Waals surface area contributed by atoms with Crippen LogP contribution in [0.2, 0.25) is 5.02 Å². The number of thioether (sulfide) groups is 1. The van der Waals surface area contributed by atoms with E-state index in [4.69, 9.17) is 16.7 Å². The molecular formula is C22H28ClN3O4S. The number of anilines is 1. The molecule has 0 radical (unpaired) electrons. The van der Waals surface area contributed by atoms with Crippen molar-refractivity contribution in [2.24, 2.45) is 11.8 Å². The van der Waals surface area contributed by atoms with Crippen LogP contribution in [0.1, 0.15) is 32.1 Å². The van der Waals surface area contributed by atoms with E-state index in [1.807, 2.05) is 0 Å². The molecular weight excluding hydrogens is 438 g/mol. The van der Waals surface area contributed by atoms with Gasteiger partial charge in [-0.2, -0.15) is 0 Å². The van der Waals surface area contributed by atoms with Crippen molar-refractivity contribution in [1.82, 2.24) is 10.2 Å². The minimum absolute atomic E-state index is 0.0565. The average molecular weight is 466 g/mol. The van der Waals surface area contributed by atoms with E-state index in [2.05, 4.69) is 10.6 Å². The number of amides is 3. The molecule has 7 nitrogen and oxygen atoms in total. The highest BCUT2D eigenvalue weighted by atomic mass is 35.5. The molecule has 1 spiro atoms. The molecule has 3 N–H and O–H groups in total. The molecule has 168 valence electrons. The van der Waals surface area contributed by atoms with Gasteiger partial charge in [-0.3, -0.25) is 14.4 Å². The first kappa shape index (κ1) is 22.4. The number of unbranched alkanes of at least 4 members (excludes halogenated alkanes) is 2. The molecule has 0 aliphatic carbocycles. The molecule has 3 heterocycles. The summed E-state index contributed by atoms with van der Waals surface area (Å²) < 4.78 is -0.596. The van der Waals surface area contributed by atoms with Crippen LogP contribution in [0.15, 0.2) is 24.3 Å². The van der Waals surface area contributed by atoms with Gasteiger partial charge in [0.15, 0.2) is 0 Å². The molecule has 3 amide bonds. The van der Waals surface area contributed by atoms with E-state index in [1.54, 1.807) is 48.0 Å². The quantitative estimate of drug-likeness (QED) is 0.511. The van der Waals surface area contributed by atoms with E-state index in [0.717, 1.165) is 19.3 Å². The lowest BCUT2D eigenvalue weighted by atomic mass is 9.71. The number of carbonyl (C=O) groups is 3. The standard InChI is InChI=1S/C22H28ClN3O4S/c1-24-19(28)16-15-9-10-22(31-15)17(16)21(30)26(11-5-2-6-12-27)18(22)20(29)25-14-8-4-3-7-13(14)23/h3-4,7-8,15-18,27H,2,5-6,9-12H2,1H3,(H,24,28)(H,25,29)/t15-,16+,17-,18?,22?/m0/s1. The number of carbonyl (C=O) groups excluding carboxylic acids is 3. The summed E-state index contributed by atoms with van der Waals surface area (Å²) in [6.45, 7) is 0.538. The first-order chi connectivity index (χ1) is 14.9. The molecule has 2 bridgehead atoms. The fourth-order valence-electron chi connectivity index (χ4n) is 5.50. The largest absolute Gasteiger partial charge is 0.396 e. The van der Waals surface area contributed by atoms with Crippen molar-refractivity contribution in [3.05, 3.63) is 29.3 Å².